The number of nitrogens with one attached hydrogen (secondary N) is 2. The van der Waals surface area contributed by atoms with Crippen LogP contribution in [0.15, 0.2) is 41.3 Å². The topological polar surface area (TPSA) is 70.8 Å². The number of hydrogen-bond donors (Lipinski definition) is 2. The SMILES string of the molecule is CCOc1cccc(-c2cnc3[nH]c(=O)[nH]c3c2)c1. The lowest BCUT2D eigenvalue weighted by Crippen LogP contribution is -1.99. The fourth-order valence-electron chi connectivity index (χ4n) is 2.01. The van der Waals surface area contributed by atoms with E-state index >= 15 is 0 Å². The van der Waals surface area contributed by atoms with Gasteiger partial charge in [0.2, 0.25) is 0 Å². The fraction of sp³-hybridized carbons (Fsp3) is 0.143. The molecule has 5 heteroatoms. The summed E-state index contributed by atoms with van der Waals surface area (Å²) < 4.78 is 5.48. The highest BCUT2D eigenvalue weighted by atomic mass is 16.5. The Morgan fingerprint density at radius 3 is 2.95 bits per heavy atom. The van der Waals surface area contributed by atoms with Gasteiger partial charge in [-0.25, -0.2) is 9.78 Å². The summed E-state index contributed by atoms with van der Waals surface area (Å²) in [6.07, 6.45) is 1.73. The maximum atomic E-state index is 11.2. The van der Waals surface area contributed by atoms with Crippen LogP contribution < -0.4 is 10.4 Å². The van der Waals surface area contributed by atoms with Crippen molar-refractivity contribution in [3.63, 3.8) is 0 Å². The van der Waals surface area contributed by atoms with E-state index in [4.69, 9.17) is 4.74 Å². The van der Waals surface area contributed by atoms with Crippen LogP contribution in [0.5, 0.6) is 5.75 Å². The zero-order chi connectivity index (χ0) is 13.2. The van der Waals surface area contributed by atoms with Crippen LogP contribution in [0.2, 0.25) is 0 Å². The molecular weight excluding hydrogens is 242 g/mol. The number of nitrogens with zero attached hydrogens (tertiary/aromatic N) is 1. The maximum absolute atomic E-state index is 11.2. The van der Waals surface area contributed by atoms with E-state index in [-0.39, 0.29) is 5.69 Å². The lowest BCUT2D eigenvalue weighted by Gasteiger charge is -2.06. The molecule has 0 bridgehead atoms. The number of ether oxygens (including phenoxy) is 1. The molecule has 0 fully saturated rings. The van der Waals surface area contributed by atoms with E-state index in [2.05, 4.69) is 15.0 Å². The number of hydrogen-bond acceptors (Lipinski definition) is 3. The molecule has 96 valence electrons. The van der Waals surface area contributed by atoms with E-state index in [0.29, 0.717) is 17.8 Å². The molecule has 2 N–H and O–H groups in total. The third-order valence-corrected chi connectivity index (χ3v) is 2.85. The summed E-state index contributed by atoms with van der Waals surface area (Å²) in [5.41, 5.74) is 2.95. The molecule has 2 aromatic heterocycles. The van der Waals surface area contributed by atoms with Crippen molar-refractivity contribution < 1.29 is 4.74 Å². The molecule has 0 saturated carbocycles. The predicted octanol–water partition coefficient (Wildman–Crippen LogP) is 2.32. The molecule has 1 aromatic carbocycles. The molecule has 0 spiro atoms. The quantitative estimate of drug-likeness (QED) is 0.754. The molecule has 0 radical (unpaired) electrons. The minimum atomic E-state index is -0.247. The number of pyridine rings is 1. The van der Waals surface area contributed by atoms with Gasteiger partial charge in [-0.05, 0) is 30.7 Å². The number of aromatic amines is 2. The fourth-order valence-corrected chi connectivity index (χ4v) is 2.01. The molecule has 0 aliphatic rings. The van der Waals surface area contributed by atoms with Gasteiger partial charge in [0.15, 0.2) is 5.65 Å². The number of benzene rings is 1. The van der Waals surface area contributed by atoms with Crippen molar-refractivity contribution >= 4 is 11.2 Å². The monoisotopic (exact) mass is 255 g/mol. The van der Waals surface area contributed by atoms with Gasteiger partial charge in [-0.3, -0.25) is 4.98 Å². The van der Waals surface area contributed by atoms with E-state index in [9.17, 15) is 4.79 Å². The summed E-state index contributed by atoms with van der Waals surface area (Å²) in [4.78, 5) is 20.8. The van der Waals surface area contributed by atoms with Crippen LogP contribution in [-0.4, -0.2) is 21.6 Å². The molecule has 3 rings (SSSR count). The summed E-state index contributed by atoms with van der Waals surface area (Å²) in [7, 11) is 0. The van der Waals surface area contributed by atoms with Crippen molar-refractivity contribution in [3.8, 4) is 16.9 Å². The molecule has 0 aliphatic heterocycles. The van der Waals surface area contributed by atoms with E-state index < -0.39 is 0 Å². The largest absolute Gasteiger partial charge is 0.494 e. The van der Waals surface area contributed by atoms with Crippen LogP contribution in [-0.2, 0) is 0 Å². The highest BCUT2D eigenvalue weighted by Gasteiger charge is 2.04. The van der Waals surface area contributed by atoms with Crippen molar-refractivity contribution in [2.75, 3.05) is 6.61 Å². The van der Waals surface area contributed by atoms with E-state index in [1.165, 1.54) is 0 Å². The third kappa shape index (κ3) is 2.22. The van der Waals surface area contributed by atoms with Crippen LogP contribution in [0, 0.1) is 0 Å². The zero-order valence-corrected chi connectivity index (χ0v) is 10.4. The summed E-state index contributed by atoms with van der Waals surface area (Å²) >= 11 is 0. The lowest BCUT2D eigenvalue weighted by molar-refractivity contribution is 0.340. The molecule has 2 heterocycles. The van der Waals surface area contributed by atoms with E-state index in [1.807, 2.05) is 37.3 Å². The third-order valence-electron chi connectivity index (χ3n) is 2.85. The minimum Gasteiger partial charge on any atom is -0.494 e. The number of H-pyrrole nitrogens is 2. The Balaban J connectivity index is 2.07. The number of imidazole rings is 1. The average Bonchev–Trinajstić information content (AvgIpc) is 2.78. The Morgan fingerprint density at radius 2 is 2.11 bits per heavy atom. The van der Waals surface area contributed by atoms with Crippen LogP contribution in [0.4, 0.5) is 0 Å². The lowest BCUT2D eigenvalue weighted by atomic mass is 10.1. The highest BCUT2D eigenvalue weighted by Crippen LogP contribution is 2.24. The zero-order valence-electron chi connectivity index (χ0n) is 10.4. The van der Waals surface area contributed by atoms with Crippen molar-refractivity contribution in [2.45, 2.75) is 6.92 Å². The minimum absolute atomic E-state index is 0.247. The maximum Gasteiger partial charge on any atom is 0.325 e. The smallest absolute Gasteiger partial charge is 0.325 e. The van der Waals surface area contributed by atoms with Gasteiger partial charge in [-0.1, -0.05) is 12.1 Å². The van der Waals surface area contributed by atoms with Crippen LogP contribution >= 0.6 is 0 Å². The molecule has 0 atom stereocenters. The van der Waals surface area contributed by atoms with Gasteiger partial charge in [0, 0.05) is 11.8 Å². The Morgan fingerprint density at radius 1 is 1.21 bits per heavy atom. The van der Waals surface area contributed by atoms with Gasteiger partial charge in [0.25, 0.3) is 0 Å². The van der Waals surface area contributed by atoms with Gasteiger partial charge in [-0.2, -0.15) is 0 Å². The predicted molar refractivity (Wildman–Crippen MR) is 73.3 cm³/mol. The van der Waals surface area contributed by atoms with Gasteiger partial charge >= 0.3 is 5.69 Å². The summed E-state index contributed by atoms with van der Waals surface area (Å²) in [6, 6.07) is 9.68. The van der Waals surface area contributed by atoms with Crippen LogP contribution in [0.1, 0.15) is 6.92 Å². The first-order valence-electron chi connectivity index (χ1n) is 6.07. The summed E-state index contributed by atoms with van der Waals surface area (Å²) in [6.45, 7) is 2.58. The molecule has 0 amide bonds. The Labute approximate surface area is 109 Å². The standard InChI is InChI=1S/C14H13N3O2/c1-2-19-11-5-3-4-9(6-11)10-7-12-13(15-8-10)17-14(18)16-12/h3-8H,2H2,1H3,(H2,15,16,17,18). The Kier molecular flexibility index (Phi) is 2.79. The van der Waals surface area contributed by atoms with Crippen molar-refractivity contribution in [1.29, 1.82) is 0 Å². The second kappa shape index (κ2) is 4.61. The van der Waals surface area contributed by atoms with Gasteiger partial charge in [0.1, 0.15) is 5.75 Å². The van der Waals surface area contributed by atoms with E-state index in [1.54, 1.807) is 6.20 Å². The van der Waals surface area contributed by atoms with E-state index in [0.717, 1.165) is 16.9 Å². The molecule has 19 heavy (non-hydrogen) atoms. The number of rotatable bonds is 3. The Hall–Kier alpha value is -2.56. The van der Waals surface area contributed by atoms with Crippen molar-refractivity contribution in [1.82, 2.24) is 15.0 Å². The molecule has 0 aliphatic carbocycles. The first kappa shape index (κ1) is 11.5. The van der Waals surface area contributed by atoms with Crippen LogP contribution in [0.3, 0.4) is 0 Å². The van der Waals surface area contributed by atoms with Gasteiger partial charge < -0.3 is 9.72 Å². The molecule has 5 nitrogen and oxygen atoms in total. The molecule has 3 aromatic rings. The number of aromatic nitrogens is 3. The second-order valence-corrected chi connectivity index (χ2v) is 4.16. The first-order valence-corrected chi connectivity index (χ1v) is 6.07. The van der Waals surface area contributed by atoms with Crippen LogP contribution in [0.25, 0.3) is 22.3 Å². The summed E-state index contributed by atoms with van der Waals surface area (Å²) in [5.74, 6) is 0.822. The summed E-state index contributed by atoms with van der Waals surface area (Å²) in [5, 5.41) is 0. The van der Waals surface area contributed by atoms with Gasteiger partial charge in [0.05, 0.1) is 12.1 Å². The average molecular weight is 255 g/mol. The molecular formula is C14H13N3O2. The Bertz CT molecular complexity index is 773. The van der Waals surface area contributed by atoms with Gasteiger partial charge in [-0.15, -0.1) is 0 Å². The van der Waals surface area contributed by atoms with Crippen molar-refractivity contribution in [2.24, 2.45) is 0 Å². The number of fused-ring (bicyclic) bond motifs is 1. The van der Waals surface area contributed by atoms with Crippen molar-refractivity contribution in [3.05, 3.63) is 47.0 Å². The normalized spacial score (nSPS) is 10.8. The molecule has 0 unspecified atom stereocenters. The first-order chi connectivity index (χ1) is 9.26. The second-order valence-electron chi connectivity index (χ2n) is 4.16. The molecule has 0 saturated heterocycles. The highest BCUT2D eigenvalue weighted by molar-refractivity contribution is 5.77.